The zero-order valence-electron chi connectivity index (χ0n) is 8.45. The van der Waals surface area contributed by atoms with Gasteiger partial charge in [-0.1, -0.05) is 32.3 Å². The van der Waals surface area contributed by atoms with Gasteiger partial charge in [-0.15, -0.1) is 0 Å². The number of rotatable bonds is 4. The molecule has 1 heterocycles. The summed E-state index contributed by atoms with van der Waals surface area (Å²) in [6, 6.07) is -0.127. The molecule has 2 unspecified atom stereocenters. The molecule has 0 saturated heterocycles. The fraction of sp³-hybridized carbons (Fsp3) is 0.778. The first-order chi connectivity index (χ1) is 6.19. The second-order valence-corrected chi connectivity index (χ2v) is 3.31. The van der Waals surface area contributed by atoms with Crippen molar-refractivity contribution in [2.24, 2.45) is 11.7 Å². The van der Waals surface area contributed by atoms with Crippen molar-refractivity contribution in [2.75, 3.05) is 0 Å². The quantitative estimate of drug-likeness (QED) is 0.771. The molecule has 0 radical (unpaired) electrons. The molecule has 0 fully saturated rings. The molecule has 1 rings (SSSR count). The summed E-state index contributed by atoms with van der Waals surface area (Å²) in [5.41, 5.74) is 5.92. The van der Waals surface area contributed by atoms with E-state index in [9.17, 15) is 0 Å². The van der Waals surface area contributed by atoms with Gasteiger partial charge >= 0.3 is 0 Å². The molecule has 1 aromatic heterocycles. The smallest absolute Gasteiger partial charge is 0.243 e. The lowest BCUT2D eigenvalue weighted by molar-refractivity contribution is 0.310. The van der Waals surface area contributed by atoms with Crippen molar-refractivity contribution in [3.63, 3.8) is 0 Å². The first-order valence-corrected chi connectivity index (χ1v) is 4.77. The molecule has 0 spiro atoms. The summed E-state index contributed by atoms with van der Waals surface area (Å²) in [7, 11) is 0. The van der Waals surface area contributed by atoms with Gasteiger partial charge in [-0.3, -0.25) is 0 Å². The van der Waals surface area contributed by atoms with Gasteiger partial charge in [0.25, 0.3) is 0 Å². The molecule has 2 N–H and O–H groups in total. The van der Waals surface area contributed by atoms with Crippen molar-refractivity contribution in [3.8, 4) is 0 Å². The van der Waals surface area contributed by atoms with E-state index in [1.807, 2.05) is 6.92 Å². The van der Waals surface area contributed by atoms with Crippen molar-refractivity contribution >= 4 is 0 Å². The van der Waals surface area contributed by atoms with Crippen LogP contribution in [0.2, 0.25) is 0 Å². The maximum Gasteiger partial charge on any atom is 0.243 e. The Hall–Kier alpha value is -0.900. The van der Waals surface area contributed by atoms with Gasteiger partial charge in [0, 0.05) is 6.42 Å². The van der Waals surface area contributed by atoms with Crippen molar-refractivity contribution < 1.29 is 4.52 Å². The first kappa shape index (κ1) is 10.2. The van der Waals surface area contributed by atoms with Crippen LogP contribution < -0.4 is 5.73 Å². The van der Waals surface area contributed by atoms with Crippen molar-refractivity contribution in [1.82, 2.24) is 10.1 Å². The molecule has 4 heteroatoms. The van der Waals surface area contributed by atoms with E-state index in [1.54, 1.807) is 0 Å². The van der Waals surface area contributed by atoms with Crippen LogP contribution in [-0.4, -0.2) is 10.1 Å². The SMILES string of the molecule is CCc1noc(C(N)C(C)CC)n1. The van der Waals surface area contributed by atoms with Crippen LogP contribution in [0.3, 0.4) is 0 Å². The van der Waals surface area contributed by atoms with Crippen LogP contribution in [0.15, 0.2) is 4.52 Å². The maximum absolute atomic E-state index is 5.92. The van der Waals surface area contributed by atoms with E-state index in [-0.39, 0.29) is 6.04 Å². The van der Waals surface area contributed by atoms with Crippen molar-refractivity contribution in [1.29, 1.82) is 0 Å². The molecule has 1 aromatic rings. The van der Waals surface area contributed by atoms with E-state index >= 15 is 0 Å². The average Bonchev–Trinajstić information content (AvgIpc) is 2.63. The molecule has 13 heavy (non-hydrogen) atoms. The Morgan fingerprint density at radius 1 is 1.46 bits per heavy atom. The van der Waals surface area contributed by atoms with Crippen LogP contribution in [0.25, 0.3) is 0 Å². The second-order valence-electron chi connectivity index (χ2n) is 3.31. The molecule has 0 aliphatic heterocycles. The van der Waals surface area contributed by atoms with Crippen LogP contribution in [0.1, 0.15) is 44.9 Å². The Balaban J connectivity index is 2.70. The van der Waals surface area contributed by atoms with Gasteiger partial charge in [0.1, 0.15) is 0 Å². The Bertz CT molecular complexity index is 259. The first-order valence-electron chi connectivity index (χ1n) is 4.77. The second kappa shape index (κ2) is 4.37. The standard InChI is InChI=1S/C9H17N3O/c1-4-6(3)8(10)9-11-7(5-2)12-13-9/h6,8H,4-5,10H2,1-3H3. The number of hydrogen-bond donors (Lipinski definition) is 1. The van der Waals surface area contributed by atoms with Gasteiger partial charge in [0.15, 0.2) is 5.82 Å². The molecule has 0 bridgehead atoms. The van der Waals surface area contributed by atoms with E-state index in [0.29, 0.717) is 11.8 Å². The predicted molar refractivity (Wildman–Crippen MR) is 50.1 cm³/mol. The third-order valence-electron chi connectivity index (χ3n) is 2.34. The number of aromatic nitrogens is 2. The highest BCUT2D eigenvalue weighted by atomic mass is 16.5. The van der Waals surface area contributed by atoms with Crippen molar-refractivity contribution in [3.05, 3.63) is 11.7 Å². The van der Waals surface area contributed by atoms with E-state index in [1.165, 1.54) is 0 Å². The monoisotopic (exact) mass is 183 g/mol. The average molecular weight is 183 g/mol. The van der Waals surface area contributed by atoms with Crippen LogP contribution in [0, 0.1) is 5.92 Å². The number of aryl methyl sites for hydroxylation is 1. The van der Waals surface area contributed by atoms with Crippen molar-refractivity contribution in [2.45, 2.75) is 39.7 Å². The number of nitrogens with zero attached hydrogens (tertiary/aromatic N) is 2. The van der Waals surface area contributed by atoms with Crippen LogP contribution >= 0.6 is 0 Å². The zero-order valence-corrected chi connectivity index (χ0v) is 8.45. The van der Waals surface area contributed by atoms with Crippen LogP contribution in [0.4, 0.5) is 0 Å². The predicted octanol–water partition coefficient (Wildman–Crippen LogP) is 1.68. The highest BCUT2D eigenvalue weighted by molar-refractivity contribution is 4.92. The lowest BCUT2D eigenvalue weighted by Gasteiger charge is -2.12. The Morgan fingerprint density at radius 3 is 2.62 bits per heavy atom. The molecule has 0 aliphatic rings. The van der Waals surface area contributed by atoms with E-state index in [0.717, 1.165) is 18.7 Å². The van der Waals surface area contributed by atoms with E-state index in [2.05, 4.69) is 24.0 Å². The summed E-state index contributed by atoms with van der Waals surface area (Å²) in [6.07, 6.45) is 1.81. The molecule has 0 saturated carbocycles. The fourth-order valence-electron chi connectivity index (χ4n) is 1.04. The molecule has 0 aliphatic carbocycles. The summed E-state index contributed by atoms with van der Waals surface area (Å²) in [5.74, 6) is 1.67. The third-order valence-corrected chi connectivity index (χ3v) is 2.34. The molecule has 0 aromatic carbocycles. The van der Waals surface area contributed by atoms with Gasteiger partial charge in [-0.25, -0.2) is 0 Å². The van der Waals surface area contributed by atoms with Gasteiger partial charge in [0.05, 0.1) is 6.04 Å². The zero-order chi connectivity index (χ0) is 9.84. The summed E-state index contributed by atoms with van der Waals surface area (Å²) in [4.78, 5) is 4.19. The molecule has 74 valence electrons. The summed E-state index contributed by atoms with van der Waals surface area (Å²) in [6.45, 7) is 6.17. The maximum atomic E-state index is 5.92. The topological polar surface area (TPSA) is 64.9 Å². The van der Waals surface area contributed by atoms with Gasteiger partial charge in [-0.2, -0.15) is 4.98 Å². The Labute approximate surface area is 78.5 Å². The van der Waals surface area contributed by atoms with Gasteiger partial charge in [-0.05, 0) is 5.92 Å². The highest BCUT2D eigenvalue weighted by Gasteiger charge is 2.19. The lowest BCUT2D eigenvalue weighted by atomic mass is 10.0. The van der Waals surface area contributed by atoms with Crippen LogP contribution in [0.5, 0.6) is 0 Å². The summed E-state index contributed by atoms with van der Waals surface area (Å²) >= 11 is 0. The minimum absolute atomic E-state index is 0.127. The normalized spacial score (nSPS) is 15.7. The molecule has 2 atom stereocenters. The third kappa shape index (κ3) is 2.28. The van der Waals surface area contributed by atoms with Gasteiger partial charge < -0.3 is 10.3 Å². The van der Waals surface area contributed by atoms with Gasteiger partial charge in [0.2, 0.25) is 5.89 Å². The number of hydrogen-bond acceptors (Lipinski definition) is 4. The molecule has 0 amide bonds. The fourth-order valence-corrected chi connectivity index (χ4v) is 1.04. The summed E-state index contributed by atoms with van der Waals surface area (Å²) in [5, 5.41) is 3.81. The van der Waals surface area contributed by atoms with E-state index < -0.39 is 0 Å². The largest absolute Gasteiger partial charge is 0.338 e. The molecular weight excluding hydrogens is 166 g/mol. The highest BCUT2D eigenvalue weighted by Crippen LogP contribution is 2.19. The van der Waals surface area contributed by atoms with E-state index in [4.69, 9.17) is 10.3 Å². The molecular formula is C9H17N3O. The summed E-state index contributed by atoms with van der Waals surface area (Å²) < 4.78 is 5.05. The molecule has 4 nitrogen and oxygen atoms in total. The Morgan fingerprint density at radius 2 is 2.15 bits per heavy atom. The lowest BCUT2D eigenvalue weighted by Crippen LogP contribution is -2.18. The van der Waals surface area contributed by atoms with Crippen LogP contribution in [-0.2, 0) is 6.42 Å². The minimum Gasteiger partial charge on any atom is -0.338 e. The minimum atomic E-state index is -0.127. The Kier molecular flexibility index (Phi) is 3.42. The number of nitrogens with two attached hydrogens (primary N) is 1.